The van der Waals surface area contributed by atoms with E-state index in [0.717, 1.165) is 5.56 Å². The number of carbonyl (C=O) groups excluding carboxylic acids is 1. The van der Waals surface area contributed by atoms with Crippen molar-refractivity contribution in [1.29, 1.82) is 0 Å². The molecule has 7 heteroatoms. The smallest absolute Gasteiger partial charge is 0.262 e. The van der Waals surface area contributed by atoms with Crippen LogP contribution in [0.2, 0.25) is 0 Å². The summed E-state index contributed by atoms with van der Waals surface area (Å²) in [5.41, 5.74) is 1.56. The van der Waals surface area contributed by atoms with Crippen LogP contribution in [0.3, 0.4) is 0 Å². The molecule has 3 aromatic carbocycles. The van der Waals surface area contributed by atoms with Crippen molar-refractivity contribution in [2.24, 2.45) is 0 Å². The minimum atomic E-state index is -0.542. The zero-order valence-corrected chi connectivity index (χ0v) is 14.5. The number of fused-ring (bicyclic) bond motifs is 1. The summed E-state index contributed by atoms with van der Waals surface area (Å²) in [4.78, 5) is 35.5. The maximum atomic E-state index is 12.1. The second kappa shape index (κ2) is 6.60. The number of benzene rings is 2. The lowest BCUT2D eigenvalue weighted by atomic mass is 9.97. The summed E-state index contributed by atoms with van der Waals surface area (Å²) in [6, 6.07) is 12.4. The van der Waals surface area contributed by atoms with E-state index < -0.39 is 10.9 Å². The van der Waals surface area contributed by atoms with E-state index in [0.29, 0.717) is 34.9 Å². The highest BCUT2D eigenvalue weighted by molar-refractivity contribution is 5.96. The van der Waals surface area contributed by atoms with Crippen LogP contribution in [0.1, 0.15) is 5.56 Å². The third-order valence-corrected chi connectivity index (χ3v) is 4.42. The molecule has 0 saturated carbocycles. The summed E-state index contributed by atoms with van der Waals surface area (Å²) in [5, 5.41) is 5.74. The highest BCUT2D eigenvalue weighted by atomic mass is 16.5. The molecule has 1 amide bonds. The molecule has 4 rings (SSSR count). The second-order valence-electron chi connectivity index (χ2n) is 6.16. The van der Waals surface area contributed by atoms with Gasteiger partial charge in [0, 0.05) is 6.54 Å². The number of carbonyl (C=O) groups is 1. The van der Waals surface area contributed by atoms with Crippen LogP contribution >= 0.6 is 0 Å². The molecule has 1 aliphatic heterocycles. The van der Waals surface area contributed by atoms with Crippen LogP contribution in [-0.4, -0.2) is 19.6 Å². The van der Waals surface area contributed by atoms with Gasteiger partial charge in [-0.05, 0) is 35.4 Å². The van der Waals surface area contributed by atoms with Gasteiger partial charge >= 0.3 is 0 Å². The third-order valence-electron chi connectivity index (χ3n) is 4.42. The van der Waals surface area contributed by atoms with E-state index in [2.05, 4.69) is 10.6 Å². The van der Waals surface area contributed by atoms with Gasteiger partial charge in [-0.3, -0.25) is 14.4 Å². The lowest BCUT2D eigenvalue weighted by Crippen LogP contribution is -2.36. The predicted molar refractivity (Wildman–Crippen MR) is 101 cm³/mol. The van der Waals surface area contributed by atoms with Crippen molar-refractivity contribution in [3.8, 4) is 22.6 Å². The van der Waals surface area contributed by atoms with Gasteiger partial charge in [0.25, 0.3) is 5.91 Å². The Bertz CT molecular complexity index is 1110. The quantitative estimate of drug-likeness (QED) is 0.672. The minimum absolute atomic E-state index is 0.0800. The molecule has 0 spiro atoms. The van der Waals surface area contributed by atoms with Gasteiger partial charge in [0.05, 0.1) is 24.0 Å². The van der Waals surface area contributed by atoms with Crippen molar-refractivity contribution in [2.75, 3.05) is 24.4 Å². The number of methoxy groups -OCH3 is 1. The average Bonchev–Trinajstić information content (AvgIpc) is 2.70. The summed E-state index contributed by atoms with van der Waals surface area (Å²) in [6.45, 7) is 0.301. The SMILES string of the molecule is COc1cccc(CNc2c(-c3ccc4c(c3)OCC(=O)N4)c(=O)c2=O)c1. The monoisotopic (exact) mass is 364 g/mol. The topological polar surface area (TPSA) is 93.7 Å². The Kier molecular flexibility index (Phi) is 4.12. The molecule has 0 radical (unpaired) electrons. The standard InChI is InChI=1S/C20H16N2O5/c1-26-13-4-2-3-11(7-13)9-21-18-17(19(24)20(18)25)12-5-6-14-15(8-12)27-10-16(23)22-14/h2-8,21H,9-10H2,1H3,(H,22,23). The summed E-state index contributed by atoms with van der Waals surface area (Å²) in [6.07, 6.45) is 0. The lowest BCUT2D eigenvalue weighted by molar-refractivity contribution is -0.118. The number of hydrogen-bond acceptors (Lipinski definition) is 6. The zero-order chi connectivity index (χ0) is 19.0. The molecule has 0 unspecified atom stereocenters. The predicted octanol–water partition coefficient (Wildman–Crippen LogP) is 1.90. The van der Waals surface area contributed by atoms with Crippen molar-refractivity contribution in [3.05, 3.63) is 68.5 Å². The van der Waals surface area contributed by atoms with Gasteiger partial charge < -0.3 is 20.1 Å². The van der Waals surface area contributed by atoms with E-state index >= 15 is 0 Å². The van der Waals surface area contributed by atoms with Crippen molar-refractivity contribution in [2.45, 2.75) is 6.54 Å². The first-order chi connectivity index (χ1) is 13.1. The molecule has 0 aliphatic carbocycles. The molecule has 0 bridgehead atoms. The van der Waals surface area contributed by atoms with E-state index in [1.54, 1.807) is 25.3 Å². The van der Waals surface area contributed by atoms with E-state index in [4.69, 9.17) is 9.47 Å². The van der Waals surface area contributed by atoms with Gasteiger partial charge in [0.15, 0.2) is 6.61 Å². The van der Waals surface area contributed by atoms with E-state index in [-0.39, 0.29) is 18.2 Å². The molecular weight excluding hydrogens is 348 g/mol. The number of ether oxygens (including phenoxy) is 2. The Morgan fingerprint density at radius 2 is 1.96 bits per heavy atom. The fraction of sp³-hybridized carbons (Fsp3) is 0.150. The van der Waals surface area contributed by atoms with Gasteiger partial charge in [0.1, 0.15) is 11.5 Å². The van der Waals surface area contributed by atoms with Crippen molar-refractivity contribution in [1.82, 2.24) is 0 Å². The molecule has 27 heavy (non-hydrogen) atoms. The Morgan fingerprint density at radius 3 is 2.78 bits per heavy atom. The summed E-state index contributed by atoms with van der Waals surface area (Å²) in [5.74, 6) is 0.956. The minimum Gasteiger partial charge on any atom is -0.497 e. The van der Waals surface area contributed by atoms with E-state index in [9.17, 15) is 14.4 Å². The molecule has 7 nitrogen and oxygen atoms in total. The highest BCUT2D eigenvalue weighted by Gasteiger charge is 2.24. The van der Waals surface area contributed by atoms with Crippen molar-refractivity contribution >= 4 is 17.3 Å². The van der Waals surface area contributed by atoms with Crippen LogP contribution in [0.4, 0.5) is 11.4 Å². The summed E-state index contributed by atoms with van der Waals surface area (Å²) in [7, 11) is 1.59. The molecule has 1 aliphatic rings. The van der Waals surface area contributed by atoms with Gasteiger partial charge in [-0.25, -0.2) is 0 Å². The van der Waals surface area contributed by atoms with Crippen LogP contribution in [0.5, 0.6) is 11.5 Å². The van der Waals surface area contributed by atoms with Crippen molar-refractivity contribution in [3.63, 3.8) is 0 Å². The van der Waals surface area contributed by atoms with E-state index in [1.807, 2.05) is 24.3 Å². The summed E-state index contributed by atoms with van der Waals surface area (Å²) < 4.78 is 10.6. The third kappa shape index (κ3) is 3.03. The number of anilines is 2. The number of amides is 1. The van der Waals surface area contributed by atoms with Gasteiger partial charge in [-0.15, -0.1) is 0 Å². The Hall–Kier alpha value is -3.61. The zero-order valence-electron chi connectivity index (χ0n) is 14.5. The number of nitrogens with one attached hydrogen (secondary N) is 2. The molecule has 0 fully saturated rings. The first-order valence-corrected chi connectivity index (χ1v) is 8.34. The molecule has 0 aromatic heterocycles. The lowest BCUT2D eigenvalue weighted by Gasteiger charge is -2.19. The maximum Gasteiger partial charge on any atom is 0.262 e. The molecule has 136 valence electrons. The van der Waals surface area contributed by atoms with Gasteiger partial charge in [0.2, 0.25) is 10.9 Å². The number of hydrogen-bond donors (Lipinski definition) is 2. The van der Waals surface area contributed by atoms with Crippen molar-refractivity contribution < 1.29 is 14.3 Å². The molecule has 1 heterocycles. The first-order valence-electron chi connectivity index (χ1n) is 8.34. The summed E-state index contributed by atoms with van der Waals surface area (Å²) >= 11 is 0. The molecule has 3 aromatic rings. The van der Waals surface area contributed by atoms with Crippen LogP contribution in [-0.2, 0) is 11.3 Å². The normalized spacial score (nSPS) is 12.9. The largest absolute Gasteiger partial charge is 0.497 e. The van der Waals surface area contributed by atoms with Crippen LogP contribution < -0.4 is 31.0 Å². The maximum absolute atomic E-state index is 12.1. The molecule has 0 saturated heterocycles. The van der Waals surface area contributed by atoms with Gasteiger partial charge in [-0.1, -0.05) is 18.2 Å². The Labute approximate surface area is 154 Å². The van der Waals surface area contributed by atoms with Crippen LogP contribution in [0.15, 0.2) is 52.1 Å². The number of rotatable bonds is 5. The first kappa shape index (κ1) is 16.8. The highest BCUT2D eigenvalue weighted by Crippen LogP contribution is 2.34. The molecule has 0 atom stereocenters. The van der Waals surface area contributed by atoms with E-state index in [1.165, 1.54) is 0 Å². The average molecular weight is 364 g/mol. The molecule has 2 N–H and O–H groups in total. The Morgan fingerprint density at radius 1 is 1.11 bits per heavy atom. The van der Waals surface area contributed by atoms with Crippen LogP contribution in [0, 0.1) is 0 Å². The van der Waals surface area contributed by atoms with Gasteiger partial charge in [-0.2, -0.15) is 0 Å². The fourth-order valence-electron chi connectivity index (χ4n) is 3.04. The molecular formula is C20H16N2O5. The van der Waals surface area contributed by atoms with Crippen LogP contribution in [0.25, 0.3) is 11.1 Å². The second-order valence-corrected chi connectivity index (χ2v) is 6.16. The fourth-order valence-corrected chi connectivity index (χ4v) is 3.04. The Balaban J connectivity index is 1.60.